The summed E-state index contributed by atoms with van der Waals surface area (Å²) < 4.78 is 19.5. The molecule has 0 atom stereocenters. The van der Waals surface area contributed by atoms with Crippen molar-refractivity contribution in [3.63, 3.8) is 0 Å². The molecule has 0 spiro atoms. The summed E-state index contributed by atoms with van der Waals surface area (Å²) in [6.45, 7) is 2.72. The number of benzene rings is 1. The van der Waals surface area contributed by atoms with Gasteiger partial charge < -0.3 is 10.1 Å². The molecule has 0 saturated heterocycles. The van der Waals surface area contributed by atoms with Gasteiger partial charge in [0, 0.05) is 23.2 Å². The number of nitrogens with zero attached hydrogens (tertiary/aromatic N) is 2. The Hall–Kier alpha value is -1.34. The third-order valence-electron chi connectivity index (χ3n) is 2.28. The number of anilines is 1. The molecule has 4 nitrogen and oxygen atoms in total. The first-order chi connectivity index (χ1) is 9.60. The van der Waals surface area contributed by atoms with Gasteiger partial charge in [-0.1, -0.05) is 27.7 Å². The van der Waals surface area contributed by atoms with Gasteiger partial charge in [-0.3, -0.25) is 0 Å². The zero-order valence-electron chi connectivity index (χ0n) is 11.0. The molecule has 0 aliphatic heterocycles. The molecule has 106 valence electrons. The number of nitrogens with one attached hydrogen (secondary N) is 1. The lowest BCUT2D eigenvalue weighted by atomic mass is 10.3. The highest BCUT2D eigenvalue weighted by Crippen LogP contribution is 2.27. The standard InChI is InChI=1S/C13H13BrFN3OS/c1-3-16-11-7-12(18-13(17-11)20-2)19-10-5-8(14)4-9(15)6-10/h4-7H,3H2,1-2H3,(H,16,17,18). The van der Waals surface area contributed by atoms with Crippen LogP contribution in [0.2, 0.25) is 0 Å². The normalized spacial score (nSPS) is 10.4. The first-order valence-corrected chi connectivity index (χ1v) is 7.93. The highest BCUT2D eigenvalue weighted by atomic mass is 79.9. The van der Waals surface area contributed by atoms with Gasteiger partial charge in [-0.15, -0.1) is 0 Å². The van der Waals surface area contributed by atoms with Crippen molar-refractivity contribution in [3.8, 4) is 11.6 Å². The molecule has 20 heavy (non-hydrogen) atoms. The number of thioether (sulfide) groups is 1. The zero-order chi connectivity index (χ0) is 14.5. The van der Waals surface area contributed by atoms with E-state index in [4.69, 9.17) is 4.74 Å². The molecule has 1 N–H and O–H groups in total. The number of aromatic nitrogens is 2. The van der Waals surface area contributed by atoms with E-state index in [1.54, 1.807) is 12.1 Å². The summed E-state index contributed by atoms with van der Waals surface area (Å²) in [6.07, 6.45) is 1.88. The molecule has 0 fully saturated rings. The topological polar surface area (TPSA) is 47.0 Å². The monoisotopic (exact) mass is 357 g/mol. The van der Waals surface area contributed by atoms with Crippen molar-refractivity contribution in [1.29, 1.82) is 0 Å². The Labute approximate surface area is 129 Å². The highest BCUT2D eigenvalue weighted by molar-refractivity contribution is 9.10. The lowest BCUT2D eigenvalue weighted by Crippen LogP contribution is -2.02. The van der Waals surface area contributed by atoms with Crippen LogP contribution in [0.4, 0.5) is 10.2 Å². The minimum Gasteiger partial charge on any atom is -0.439 e. The maximum absolute atomic E-state index is 13.3. The van der Waals surface area contributed by atoms with Crippen molar-refractivity contribution < 1.29 is 9.13 Å². The molecular weight excluding hydrogens is 345 g/mol. The first kappa shape index (κ1) is 15.1. The van der Waals surface area contributed by atoms with Gasteiger partial charge in [-0.2, -0.15) is 4.98 Å². The van der Waals surface area contributed by atoms with E-state index >= 15 is 0 Å². The largest absolute Gasteiger partial charge is 0.439 e. The quantitative estimate of drug-likeness (QED) is 0.637. The fraction of sp³-hybridized carbons (Fsp3) is 0.231. The highest BCUT2D eigenvalue weighted by Gasteiger charge is 2.07. The Morgan fingerprint density at radius 3 is 2.75 bits per heavy atom. The van der Waals surface area contributed by atoms with Crippen LogP contribution < -0.4 is 10.1 Å². The maximum Gasteiger partial charge on any atom is 0.225 e. The molecule has 2 rings (SSSR count). The van der Waals surface area contributed by atoms with Crippen molar-refractivity contribution in [2.75, 3.05) is 18.1 Å². The van der Waals surface area contributed by atoms with E-state index in [1.807, 2.05) is 13.2 Å². The minimum absolute atomic E-state index is 0.373. The second kappa shape index (κ2) is 6.90. The number of halogens is 2. The van der Waals surface area contributed by atoms with Crippen molar-refractivity contribution in [2.24, 2.45) is 0 Å². The third kappa shape index (κ3) is 4.08. The lowest BCUT2D eigenvalue weighted by Gasteiger charge is -2.09. The van der Waals surface area contributed by atoms with Crippen LogP contribution in [0.15, 0.2) is 33.9 Å². The summed E-state index contributed by atoms with van der Waals surface area (Å²) in [4.78, 5) is 8.54. The predicted molar refractivity (Wildman–Crippen MR) is 82.2 cm³/mol. The average Bonchev–Trinajstić information content (AvgIpc) is 2.37. The van der Waals surface area contributed by atoms with Crippen LogP contribution in [-0.2, 0) is 0 Å². The molecule has 7 heteroatoms. The number of rotatable bonds is 5. The Balaban J connectivity index is 2.29. The van der Waals surface area contributed by atoms with Crippen LogP contribution in [0.5, 0.6) is 11.6 Å². The maximum atomic E-state index is 13.3. The van der Waals surface area contributed by atoms with Gasteiger partial charge in [0.25, 0.3) is 0 Å². The summed E-state index contributed by atoms with van der Waals surface area (Å²) in [5.74, 6) is 1.06. The van der Waals surface area contributed by atoms with Gasteiger partial charge in [-0.05, 0) is 25.3 Å². The van der Waals surface area contributed by atoms with Crippen LogP contribution in [-0.4, -0.2) is 22.8 Å². The number of ether oxygens (including phenoxy) is 1. The van der Waals surface area contributed by atoms with E-state index in [0.717, 1.165) is 6.54 Å². The molecule has 1 aromatic heterocycles. The smallest absolute Gasteiger partial charge is 0.225 e. The predicted octanol–water partition coefficient (Wildman–Crippen LogP) is 4.32. The van der Waals surface area contributed by atoms with Gasteiger partial charge in [0.2, 0.25) is 5.88 Å². The summed E-state index contributed by atoms with van der Waals surface area (Å²) in [5.41, 5.74) is 0. The van der Waals surface area contributed by atoms with Crippen LogP contribution in [0.25, 0.3) is 0 Å². The zero-order valence-corrected chi connectivity index (χ0v) is 13.4. The van der Waals surface area contributed by atoms with Gasteiger partial charge >= 0.3 is 0 Å². The van der Waals surface area contributed by atoms with E-state index in [2.05, 4.69) is 31.2 Å². The average molecular weight is 358 g/mol. The summed E-state index contributed by atoms with van der Waals surface area (Å²) in [5, 5.41) is 3.69. The fourth-order valence-corrected chi connectivity index (χ4v) is 2.34. The molecule has 0 aliphatic rings. The van der Waals surface area contributed by atoms with Crippen molar-refractivity contribution >= 4 is 33.5 Å². The van der Waals surface area contributed by atoms with Gasteiger partial charge in [0.1, 0.15) is 17.4 Å². The molecule has 0 amide bonds. The van der Waals surface area contributed by atoms with Crippen LogP contribution in [0.3, 0.4) is 0 Å². The van der Waals surface area contributed by atoms with Gasteiger partial charge in [-0.25, -0.2) is 9.37 Å². The van der Waals surface area contributed by atoms with Crippen LogP contribution >= 0.6 is 27.7 Å². The summed E-state index contributed by atoms with van der Waals surface area (Å²) in [7, 11) is 0. The summed E-state index contributed by atoms with van der Waals surface area (Å²) >= 11 is 4.64. The molecule has 0 aliphatic carbocycles. The molecule has 0 unspecified atom stereocenters. The van der Waals surface area contributed by atoms with E-state index < -0.39 is 0 Å². The number of hydrogen-bond donors (Lipinski definition) is 1. The third-order valence-corrected chi connectivity index (χ3v) is 3.29. The Morgan fingerprint density at radius 2 is 2.10 bits per heavy atom. The second-order valence-corrected chi connectivity index (χ2v) is 5.50. The SMILES string of the molecule is CCNc1cc(Oc2cc(F)cc(Br)c2)nc(SC)n1. The Bertz CT molecular complexity index is 592. The van der Waals surface area contributed by atoms with E-state index in [0.29, 0.717) is 27.1 Å². The fourth-order valence-electron chi connectivity index (χ4n) is 1.53. The molecule has 0 bridgehead atoms. The molecule has 1 heterocycles. The van der Waals surface area contributed by atoms with E-state index in [-0.39, 0.29) is 5.82 Å². The molecule has 0 saturated carbocycles. The van der Waals surface area contributed by atoms with Gasteiger partial charge in [0.05, 0.1) is 0 Å². The Kier molecular flexibility index (Phi) is 5.19. The first-order valence-electron chi connectivity index (χ1n) is 5.91. The second-order valence-electron chi connectivity index (χ2n) is 3.82. The molecule has 0 radical (unpaired) electrons. The van der Waals surface area contributed by atoms with Crippen molar-refractivity contribution in [2.45, 2.75) is 12.1 Å². The molecule has 1 aromatic carbocycles. The van der Waals surface area contributed by atoms with Crippen molar-refractivity contribution in [3.05, 3.63) is 34.6 Å². The van der Waals surface area contributed by atoms with Crippen LogP contribution in [0, 0.1) is 5.82 Å². The van der Waals surface area contributed by atoms with Gasteiger partial charge in [0.15, 0.2) is 5.16 Å². The lowest BCUT2D eigenvalue weighted by molar-refractivity contribution is 0.451. The number of hydrogen-bond acceptors (Lipinski definition) is 5. The summed E-state index contributed by atoms with van der Waals surface area (Å²) in [6, 6.07) is 6.03. The molecule has 2 aromatic rings. The van der Waals surface area contributed by atoms with E-state index in [9.17, 15) is 4.39 Å². The minimum atomic E-state index is -0.375. The molecular formula is C13H13BrFN3OS. The van der Waals surface area contributed by atoms with Crippen LogP contribution in [0.1, 0.15) is 6.92 Å². The van der Waals surface area contributed by atoms with Crippen molar-refractivity contribution in [1.82, 2.24) is 9.97 Å². The Morgan fingerprint density at radius 1 is 1.30 bits per heavy atom. The van der Waals surface area contributed by atoms with E-state index in [1.165, 1.54) is 23.9 Å².